The number of rotatable bonds is 18. The Morgan fingerprint density at radius 3 is 2.17 bits per heavy atom. The van der Waals surface area contributed by atoms with Gasteiger partial charge in [-0.15, -0.1) is 6.58 Å². The molecule has 0 aromatic rings. The van der Waals surface area contributed by atoms with Crippen molar-refractivity contribution < 1.29 is 19.1 Å². The molecule has 0 saturated heterocycles. The van der Waals surface area contributed by atoms with E-state index >= 15 is 0 Å². The van der Waals surface area contributed by atoms with Crippen molar-refractivity contribution in [3.8, 4) is 0 Å². The molecule has 0 rings (SSSR count). The highest BCUT2D eigenvalue weighted by Gasteiger charge is 2.13. The second kappa shape index (κ2) is 20.5. The number of carbonyl (C=O) groups excluding carboxylic acids is 2. The van der Waals surface area contributed by atoms with Gasteiger partial charge in [0, 0.05) is 6.42 Å². The Kier molecular flexibility index (Phi) is 19.0. The van der Waals surface area contributed by atoms with Crippen molar-refractivity contribution in [3.05, 3.63) is 61.3 Å². The molecule has 0 spiro atoms. The van der Waals surface area contributed by atoms with Crippen molar-refractivity contribution in [2.24, 2.45) is 0 Å². The minimum atomic E-state index is -0.710. The summed E-state index contributed by atoms with van der Waals surface area (Å²) in [7, 11) is 0. The van der Waals surface area contributed by atoms with Gasteiger partial charge in [0.1, 0.15) is 0 Å². The smallest absolute Gasteiger partial charge is 0.343 e. The molecule has 0 atom stereocenters. The first-order chi connectivity index (χ1) is 14.1. The fraction of sp³-hybridized carbons (Fsp3) is 0.520. The second-order valence-corrected chi connectivity index (χ2v) is 6.77. The van der Waals surface area contributed by atoms with Gasteiger partial charge < -0.3 is 9.47 Å². The lowest BCUT2D eigenvalue weighted by molar-refractivity contribution is -0.157. The lowest BCUT2D eigenvalue weighted by Crippen LogP contribution is -2.16. The summed E-state index contributed by atoms with van der Waals surface area (Å²) in [4.78, 5) is 23.3. The highest BCUT2D eigenvalue weighted by Crippen LogP contribution is 2.09. The molecule has 0 aliphatic rings. The molecule has 0 saturated carbocycles. The average Bonchev–Trinajstić information content (AvgIpc) is 2.70. The number of hydrogen-bond donors (Lipinski definition) is 0. The summed E-state index contributed by atoms with van der Waals surface area (Å²) in [5, 5.41) is 0. The number of carbonyl (C=O) groups is 2. The van der Waals surface area contributed by atoms with Crippen molar-refractivity contribution in [2.75, 3.05) is 13.2 Å². The third kappa shape index (κ3) is 18.9. The molecular formula is C25H38O4. The van der Waals surface area contributed by atoms with Crippen LogP contribution in [-0.2, 0) is 19.1 Å². The predicted octanol–water partition coefficient (Wildman–Crippen LogP) is 6.40. The van der Waals surface area contributed by atoms with Gasteiger partial charge in [-0.05, 0) is 38.5 Å². The van der Waals surface area contributed by atoms with Crippen molar-refractivity contribution in [2.45, 2.75) is 71.1 Å². The first-order valence-corrected chi connectivity index (χ1v) is 10.7. The minimum Gasteiger partial charge on any atom is -0.390 e. The van der Waals surface area contributed by atoms with Crippen LogP contribution in [0.1, 0.15) is 71.1 Å². The van der Waals surface area contributed by atoms with E-state index in [4.69, 9.17) is 9.47 Å². The van der Waals surface area contributed by atoms with Crippen LogP contribution in [0, 0.1) is 0 Å². The van der Waals surface area contributed by atoms with Crippen LogP contribution in [0.15, 0.2) is 61.3 Å². The zero-order valence-electron chi connectivity index (χ0n) is 18.1. The van der Waals surface area contributed by atoms with Gasteiger partial charge in [-0.25, -0.2) is 4.79 Å². The van der Waals surface area contributed by atoms with Crippen LogP contribution in [0.3, 0.4) is 0 Å². The molecule has 29 heavy (non-hydrogen) atoms. The quantitative estimate of drug-likeness (QED) is 0.0874. The maximum atomic E-state index is 11.7. The van der Waals surface area contributed by atoms with Gasteiger partial charge in [-0.2, -0.15) is 0 Å². The van der Waals surface area contributed by atoms with Gasteiger partial charge in [0.15, 0.2) is 0 Å². The largest absolute Gasteiger partial charge is 0.390 e. The molecular weight excluding hydrogens is 364 g/mol. The first-order valence-electron chi connectivity index (χ1n) is 10.7. The van der Waals surface area contributed by atoms with Crippen LogP contribution in [0.2, 0.25) is 0 Å². The molecule has 0 aliphatic heterocycles. The summed E-state index contributed by atoms with van der Waals surface area (Å²) in [6.07, 6.45) is 24.3. The monoisotopic (exact) mass is 402 g/mol. The number of unbranched alkanes of at least 4 members (excludes halogenated alkanes) is 5. The van der Waals surface area contributed by atoms with Crippen molar-refractivity contribution in [1.82, 2.24) is 0 Å². The van der Waals surface area contributed by atoms with Gasteiger partial charge in [-0.3, -0.25) is 4.79 Å². The summed E-state index contributed by atoms with van der Waals surface area (Å²) in [6.45, 7) is 9.57. The fourth-order valence-corrected chi connectivity index (χ4v) is 2.44. The summed E-state index contributed by atoms with van der Waals surface area (Å²) < 4.78 is 9.86. The zero-order valence-corrected chi connectivity index (χ0v) is 18.1. The Labute approximate surface area is 177 Å². The molecule has 0 fully saturated rings. The maximum absolute atomic E-state index is 11.7. The molecule has 162 valence electrons. The number of hydrogen-bond acceptors (Lipinski definition) is 4. The Bertz CT molecular complexity index is 555. The van der Waals surface area contributed by atoms with E-state index in [1.165, 1.54) is 0 Å². The van der Waals surface area contributed by atoms with Crippen molar-refractivity contribution in [1.29, 1.82) is 0 Å². The third-order valence-corrected chi connectivity index (χ3v) is 4.04. The lowest BCUT2D eigenvalue weighted by Gasteiger charge is -2.06. The van der Waals surface area contributed by atoms with E-state index in [1.807, 2.05) is 0 Å². The first kappa shape index (κ1) is 26.8. The molecule has 0 N–H and O–H groups in total. The molecule has 0 aromatic heterocycles. The molecule has 0 unspecified atom stereocenters. The molecule has 0 aliphatic carbocycles. The van der Waals surface area contributed by atoms with E-state index in [2.05, 4.69) is 56.5 Å². The number of allylic oxidation sites excluding steroid dienone is 6. The minimum absolute atomic E-state index is 0.0408. The predicted molar refractivity (Wildman–Crippen MR) is 121 cm³/mol. The van der Waals surface area contributed by atoms with Crippen LogP contribution >= 0.6 is 0 Å². The van der Waals surface area contributed by atoms with E-state index in [-0.39, 0.29) is 18.6 Å². The third-order valence-electron chi connectivity index (χ3n) is 4.04. The van der Waals surface area contributed by atoms with Crippen LogP contribution in [0.5, 0.6) is 0 Å². The second-order valence-electron chi connectivity index (χ2n) is 6.77. The van der Waals surface area contributed by atoms with Gasteiger partial charge >= 0.3 is 11.9 Å². The Balaban J connectivity index is 3.55. The summed E-state index contributed by atoms with van der Waals surface area (Å²) in [5.41, 5.74) is 0.136. The van der Waals surface area contributed by atoms with E-state index in [1.54, 1.807) is 6.08 Å². The van der Waals surface area contributed by atoms with Gasteiger partial charge in [0.2, 0.25) is 0 Å². The van der Waals surface area contributed by atoms with Gasteiger partial charge in [0.05, 0.1) is 18.8 Å². The van der Waals surface area contributed by atoms with Gasteiger partial charge in [0.25, 0.3) is 0 Å². The average molecular weight is 403 g/mol. The van der Waals surface area contributed by atoms with Crippen LogP contribution in [-0.4, -0.2) is 25.2 Å². The fourth-order valence-electron chi connectivity index (χ4n) is 2.44. The normalized spacial score (nSPS) is 11.5. The summed E-state index contributed by atoms with van der Waals surface area (Å²) >= 11 is 0. The highest BCUT2D eigenvalue weighted by atomic mass is 16.6. The maximum Gasteiger partial charge on any atom is 0.343 e. The lowest BCUT2D eigenvalue weighted by atomic mass is 10.1. The van der Waals surface area contributed by atoms with Crippen LogP contribution < -0.4 is 0 Å². The number of esters is 2. The SMILES string of the molecule is C=CCOCC(=C)C(=O)OC(=O)CCCCCCC/C=C\C/C=C\C/C=C\CC. The molecule has 0 bridgehead atoms. The molecule has 0 aromatic carbocycles. The molecule has 4 heteroatoms. The Morgan fingerprint density at radius 1 is 0.862 bits per heavy atom. The van der Waals surface area contributed by atoms with Crippen molar-refractivity contribution in [3.63, 3.8) is 0 Å². The summed E-state index contributed by atoms with van der Waals surface area (Å²) in [6, 6.07) is 0. The van der Waals surface area contributed by atoms with Crippen LogP contribution in [0.4, 0.5) is 0 Å². The van der Waals surface area contributed by atoms with E-state index in [9.17, 15) is 9.59 Å². The number of ether oxygens (including phenoxy) is 2. The van der Waals surface area contributed by atoms with E-state index in [0.29, 0.717) is 6.61 Å². The van der Waals surface area contributed by atoms with Crippen LogP contribution in [0.25, 0.3) is 0 Å². The van der Waals surface area contributed by atoms with Crippen molar-refractivity contribution >= 4 is 11.9 Å². The Morgan fingerprint density at radius 2 is 1.48 bits per heavy atom. The zero-order chi connectivity index (χ0) is 21.6. The highest BCUT2D eigenvalue weighted by molar-refractivity contribution is 5.95. The van der Waals surface area contributed by atoms with E-state index < -0.39 is 11.9 Å². The molecule has 0 radical (unpaired) electrons. The molecule has 4 nitrogen and oxygen atoms in total. The Hall–Kier alpha value is -2.20. The topological polar surface area (TPSA) is 52.6 Å². The summed E-state index contributed by atoms with van der Waals surface area (Å²) in [5.74, 6) is -1.21. The molecule has 0 amide bonds. The van der Waals surface area contributed by atoms with E-state index in [0.717, 1.165) is 57.8 Å². The standard InChI is InChI=1S/C25H38O4/c1-4-6-7-8-9-10-11-12-13-14-15-16-17-18-19-20-24(26)29-25(27)23(3)22-28-21-5-2/h5-7,9-10,12-13H,2-4,8,11,14-22H2,1H3/b7-6-,10-9-,13-12-. The van der Waals surface area contributed by atoms with Gasteiger partial charge in [-0.1, -0.05) is 75.3 Å². The molecule has 0 heterocycles.